The van der Waals surface area contributed by atoms with Crippen molar-refractivity contribution >= 4 is 11.5 Å². The molecule has 1 aromatic heterocycles. The third-order valence-corrected chi connectivity index (χ3v) is 4.47. The van der Waals surface area contributed by atoms with Crippen LogP contribution in [0.4, 0.5) is 11.5 Å². The average Bonchev–Trinajstić information content (AvgIpc) is 2.46. The monoisotopic (exact) mass is 287 g/mol. The van der Waals surface area contributed by atoms with E-state index < -0.39 is 4.92 Å². The Morgan fingerprint density at radius 2 is 2.38 bits per heavy atom. The Balaban J connectivity index is 1.78. The molecule has 0 bridgehead atoms. The fourth-order valence-corrected chi connectivity index (χ4v) is 3.22. The molecule has 7 heteroatoms. The van der Waals surface area contributed by atoms with E-state index in [9.17, 15) is 10.1 Å². The first-order valence-corrected chi connectivity index (χ1v) is 7.18. The van der Waals surface area contributed by atoms with E-state index in [1.807, 2.05) is 6.07 Å². The van der Waals surface area contributed by atoms with Crippen LogP contribution >= 0.6 is 0 Å². The Bertz CT molecular complexity index is 606. The lowest BCUT2D eigenvalue weighted by Gasteiger charge is -2.48. The highest BCUT2D eigenvalue weighted by Crippen LogP contribution is 2.39. The number of aromatic nitrogens is 1. The summed E-state index contributed by atoms with van der Waals surface area (Å²) < 4.78 is 0. The van der Waals surface area contributed by atoms with Gasteiger partial charge in [-0.25, -0.2) is 4.98 Å². The van der Waals surface area contributed by atoms with E-state index in [-0.39, 0.29) is 28.6 Å². The van der Waals surface area contributed by atoms with Crippen molar-refractivity contribution in [3.63, 3.8) is 0 Å². The van der Waals surface area contributed by atoms with Gasteiger partial charge < -0.3 is 10.6 Å². The normalized spacial score (nSPS) is 23.1. The molecule has 1 atom stereocenters. The molecule has 21 heavy (non-hydrogen) atoms. The van der Waals surface area contributed by atoms with Crippen LogP contribution in [-0.2, 0) is 0 Å². The second-order valence-electron chi connectivity index (χ2n) is 5.86. The number of nitro groups is 1. The zero-order chi connectivity index (χ0) is 14.9. The Labute approximate surface area is 122 Å². The molecule has 0 amide bonds. The van der Waals surface area contributed by atoms with Gasteiger partial charge >= 0.3 is 5.69 Å². The summed E-state index contributed by atoms with van der Waals surface area (Å²) in [6.07, 6.45) is 6.85. The van der Waals surface area contributed by atoms with Crippen molar-refractivity contribution in [2.24, 2.45) is 0 Å². The minimum atomic E-state index is -0.490. The molecule has 1 aliphatic carbocycles. The zero-order valence-corrected chi connectivity index (χ0v) is 11.6. The zero-order valence-electron chi connectivity index (χ0n) is 11.6. The number of nitrogens with one attached hydrogen (secondary N) is 2. The van der Waals surface area contributed by atoms with Crippen molar-refractivity contribution in [3.05, 3.63) is 27.9 Å². The number of hydrogen-bond donors (Lipinski definition) is 2. The van der Waals surface area contributed by atoms with E-state index in [4.69, 9.17) is 5.26 Å². The quantitative estimate of drug-likeness (QED) is 0.650. The lowest BCUT2D eigenvalue weighted by molar-refractivity contribution is -0.384. The van der Waals surface area contributed by atoms with Gasteiger partial charge in [0.25, 0.3) is 0 Å². The minimum Gasteiger partial charge on any atom is -0.361 e. The molecule has 7 nitrogen and oxygen atoms in total. The Hall–Kier alpha value is -2.20. The van der Waals surface area contributed by atoms with Crippen molar-refractivity contribution < 1.29 is 4.92 Å². The van der Waals surface area contributed by atoms with Crippen LogP contribution in [0.2, 0.25) is 0 Å². The summed E-state index contributed by atoms with van der Waals surface area (Å²) in [6.45, 7) is 0.918. The number of piperidine rings is 1. The van der Waals surface area contributed by atoms with E-state index in [0.29, 0.717) is 0 Å². The van der Waals surface area contributed by atoms with Crippen molar-refractivity contribution in [3.8, 4) is 6.07 Å². The number of nitrogens with zero attached hydrogens (tertiary/aromatic N) is 3. The van der Waals surface area contributed by atoms with Crippen LogP contribution in [0, 0.1) is 21.4 Å². The van der Waals surface area contributed by atoms with Gasteiger partial charge in [-0.2, -0.15) is 5.26 Å². The number of pyridine rings is 1. The van der Waals surface area contributed by atoms with Gasteiger partial charge in [-0.05, 0) is 38.6 Å². The molecule has 0 radical (unpaired) electrons. The molecule has 2 fully saturated rings. The van der Waals surface area contributed by atoms with Gasteiger partial charge in [0, 0.05) is 23.8 Å². The predicted molar refractivity (Wildman–Crippen MR) is 76.8 cm³/mol. The summed E-state index contributed by atoms with van der Waals surface area (Å²) in [5.74, 6) is 0.264. The SMILES string of the molecule is N#Cc1cnc(NC2CCNC3(CCC3)C2)c([N+](=O)[O-])c1. The van der Waals surface area contributed by atoms with E-state index in [1.165, 1.54) is 31.5 Å². The predicted octanol–water partition coefficient (Wildman–Crippen LogP) is 1.95. The van der Waals surface area contributed by atoms with Gasteiger partial charge in [-0.15, -0.1) is 0 Å². The Morgan fingerprint density at radius 1 is 1.57 bits per heavy atom. The van der Waals surface area contributed by atoms with Gasteiger partial charge in [-0.3, -0.25) is 10.1 Å². The van der Waals surface area contributed by atoms with Crippen molar-refractivity contribution in [1.82, 2.24) is 10.3 Å². The van der Waals surface area contributed by atoms with E-state index in [2.05, 4.69) is 15.6 Å². The fourth-order valence-electron chi connectivity index (χ4n) is 3.22. The van der Waals surface area contributed by atoms with E-state index >= 15 is 0 Å². The molecule has 1 saturated carbocycles. The number of nitriles is 1. The summed E-state index contributed by atoms with van der Waals surface area (Å²) in [5, 5.41) is 26.7. The lowest BCUT2D eigenvalue weighted by Crippen LogP contribution is -2.58. The molecule has 2 heterocycles. The summed E-state index contributed by atoms with van der Waals surface area (Å²) in [5.41, 5.74) is 0.292. The highest BCUT2D eigenvalue weighted by Gasteiger charge is 2.41. The molecule has 1 aliphatic heterocycles. The standard InChI is InChI=1S/C14H17N5O2/c15-8-10-6-12(19(20)21)13(16-9-10)18-11-2-5-17-14(7-11)3-1-4-14/h6,9,11,17H,1-5,7H2,(H,16,18). The van der Waals surface area contributed by atoms with Crippen LogP contribution in [0.25, 0.3) is 0 Å². The summed E-state index contributed by atoms with van der Waals surface area (Å²) >= 11 is 0. The summed E-state index contributed by atoms with van der Waals surface area (Å²) in [6, 6.07) is 3.34. The molecule has 1 spiro atoms. The first-order chi connectivity index (χ1) is 10.1. The highest BCUT2D eigenvalue weighted by atomic mass is 16.6. The van der Waals surface area contributed by atoms with E-state index in [0.717, 1.165) is 19.4 Å². The van der Waals surface area contributed by atoms with Crippen LogP contribution in [0.1, 0.15) is 37.7 Å². The van der Waals surface area contributed by atoms with Gasteiger partial charge in [0.15, 0.2) is 0 Å². The molecule has 110 valence electrons. The second-order valence-corrected chi connectivity index (χ2v) is 5.86. The topological polar surface area (TPSA) is 104 Å². The highest BCUT2D eigenvalue weighted by molar-refractivity contribution is 5.58. The molecular weight excluding hydrogens is 270 g/mol. The smallest absolute Gasteiger partial charge is 0.312 e. The molecule has 2 N–H and O–H groups in total. The lowest BCUT2D eigenvalue weighted by atomic mass is 9.70. The van der Waals surface area contributed by atoms with E-state index in [1.54, 1.807) is 0 Å². The van der Waals surface area contributed by atoms with Crippen molar-refractivity contribution in [2.75, 3.05) is 11.9 Å². The minimum absolute atomic E-state index is 0.129. The van der Waals surface area contributed by atoms with Crippen molar-refractivity contribution in [1.29, 1.82) is 5.26 Å². The number of rotatable bonds is 3. The maximum Gasteiger partial charge on any atom is 0.312 e. The fraction of sp³-hybridized carbons (Fsp3) is 0.571. The second kappa shape index (κ2) is 5.30. The molecule has 2 aliphatic rings. The largest absolute Gasteiger partial charge is 0.361 e. The summed E-state index contributed by atoms with van der Waals surface area (Å²) in [4.78, 5) is 14.7. The molecule has 3 rings (SSSR count). The number of hydrogen-bond acceptors (Lipinski definition) is 6. The summed E-state index contributed by atoms with van der Waals surface area (Å²) in [7, 11) is 0. The van der Waals surface area contributed by atoms with Gasteiger partial charge in [0.1, 0.15) is 6.07 Å². The van der Waals surface area contributed by atoms with Crippen LogP contribution in [0.15, 0.2) is 12.3 Å². The third-order valence-electron chi connectivity index (χ3n) is 4.47. The molecule has 1 saturated heterocycles. The molecule has 0 aromatic carbocycles. The van der Waals surface area contributed by atoms with Gasteiger partial charge in [-0.1, -0.05) is 0 Å². The van der Waals surface area contributed by atoms with Crippen molar-refractivity contribution in [2.45, 2.75) is 43.7 Å². The van der Waals surface area contributed by atoms with Crippen LogP contribution in [0.3, 0.4) is 0 Å². The Morgan fingerprint density at radius 3 is 3.00 bits per heavy atom. The number of anilines is 1. The Kier molecular flexibility index (Phi) is 3.47. The van der Waals surface area contributed by atoms with Gasteiger partial charge in [0.05, 0.1) is 10.5 Å². The molecule has 1 unspecified atom stereocenters. The van der Waals surface area contributed by atoms with Crippen LogP contribution in [0.5, 0.6) is 0 Å². The first kappa shape index (κ1) is 13.8. The average molecular weight is 287 g/mol. The van der Waals surface area contributed by atoms with Crippen LogP contribution in [-0.4, -0.2) is 28.0 Å². The third kappa shape index (κ3) is 2.67. The van der Waals surface area contributed by atoms with Gasteiger partial charge in [0.2, 0.25) is 5.82 Å². The van der Waals surface area contributed by atoms with Crippen LogP contribution < -0.4 is 10.6 Å². The maximum absolute atomic E-state index is 11.1. The molecular formula is C14H17N5O2. The first-order valence-electron chi connectivity index (χ1n) is 7.18. The maximum atomic E-state index is 11.1. The molecule has 1 aromatic rings.